The Bertz CT molecular complexity index is 743. The lowest BCUT2D eigenvalue weighted by Crippen LogP contribution is -2.38. The van der Waals surface area contributed by atoms with Gasteiger partial charge in [0.15, 0.2) is 5.82 Å². The second kappa shape index (κ2) is 7.00. The van der Waals surface area contributed by atoms with Crippen LogP contribution in [-0.2, 0) is 16.8 Å². The van der Waals surface area contributed by atoms with Crippen LogP contribution in [0.1, 0.15) is 67.3 Å². The molecule has 136 valence electrons. The summed E-state index contributed by atoms with van der Waals surface area (Å²) in [7, 11) is 0. The van der Waals surface area contributed by atoms with Crippen LogP contribution in [0.4, 0.5) is 0 Å². The van der Waals surface area contributed by atoms with Gasteiger partial charge in [0.25, 0.3) is 0 Å². The number of aryl methyl sites for hydroxylation is 3. The average Bonchev–Trinajstić information content (AvgIpc) is 3.19. The summed E-state index contributed by atoms with van der Waals surface area (Å²) in [6.45, 7) is 5.44. The molecule has 7 heteroatoms. The van der Waals surface area contributed by atoms with E-state index in [-0.39, 0.29) is 12.5 Å². The van der Waals surface area contributed by atoms with Gasteiger partial charge in [0, 0.05) is 24.3 Å². The predicted molar refractivity (Wildman–Crippen MR) is 90.0 cm³/mol. The van der Waals surface area contributed by atoms with Crippen LogP contribution in [-0.4, -0.2) is 27.7 Å². The fraction of sp³-hybridized carbons (Fsp3) is 0.611. The number of nitrogens with zero attached hydrogens (tertiary/aromatic N) is 2. The smallest absolute Gasteiger partial charge is 0.226 e. The molecule has 1 aliphatic carbocycles. The van der Waals surface area contributed by atoms with Crippen molar-refractivity contribution in [3.05, 3.63) is 34.9 Å². The zero-order valence-corrected chi connectivity index (χ0v) is 15.0. The highest BCUT2D eigenvalue weighted by molar-refractivity contribution is 5.75. The molecule has 0 saturated heterocycles. The lowest BCUT2D eigenvalue weighted by molar-refractivity contribution is -0.122. The topological polar surface area (TPSA) is 101 Å². The third kappa shape index (κ3) is 4.48. The van der Waals surface area contributed by atoms with Gasteiger partial charge in [0.1, 0.15) is 17.1 Å². The summed E-state index contributed by atoms with van der Waals surface area (Å²) in [5.74, 6) is 3.15. The molecule has 0 bridgehead atoms. The number of carbonyl (C=O) groups is 1. The van der Waals surface area contributed by atoms with E-state index in [1.165, 1.54) is 0 Å². The monoisotopic (exact) mass is 347 g/mol. The average molecular weight is 347 g/mol. The van der Waals surface area contributed by atoms with Crippen LogP contribution in [0.3, 0.4) is 0 Å². The van der Waals surface area contributed by atoms with E-state index < -0.39 is 5.60 Å². The van der Waals surface area contributed by atoms with Gasteiger partial charge < -0.3 is 19.4 Å². The van der Waals surface area contributed by atoms with Crippen molar-refractivity contribution in [2.45, 2.75) is 64.4 Å². The number of carbonyl (C=O) groups excluding carboxylic acids is 1. The van der Waals surface area contributed by atoms with E-state index in [0.717, 1.165) is 24.4 Å². The van der Waals surface area contributed by atoms with Crippen LogP contribution in [0.15, 0.2) is 15.0 Å². The van der Waals surface area contributed by atoms with Crippen molar-refractivity contribution in [2.75, 3.05) is 6.54 Å². The number of aliphatic hydroxyl groups is 1. The molecule has 2 heterocycles. The van der Waals surface area contributed by atoms with Gasteiger partial charge in [0.05, 0.1) is 6.54 Å². The molecular weight excluding hydrogens is 322 g/mol. The number of furan rings is 1. The first kappa shape index (κ1) is 17.7. The Balaban J connectivity index is 1.41. The molecule has 7 nitrogen and oxygen atoms in total. The maximum atomic E-state index is 12.0. The van der Waals surface area contributed by atoms with Crippen LogP contribution < -0.4 is 5.32 Å². The van der Waals surface area contributed by atoms with Crippen molar-refractivity contribution in [1.29, 1.82) is 0 Å². The fourth-order valence-electron chi connectivity index (χ4n) is 2.90. The lowest BCUT2D eigenvalue weighted by Gasteiger charge is -2.23. The molecule has 25 heavy (non-hydrogen) atoms. The Labute approximate surface area is 146 Å². The molecule has 0 spiro atoms. The predicted octanol–water partition coefficient (Wildman–Crippen LogP) is 2.50. The van der Waals surface area contributed by atoms with Crippen molar-refractivity contribution >= 4 is 5.91 Å². The first-order valence-corrected chi connectivity index (χ1v) is 8.74. The summed E-state index contributed by atoms with van der Waals surface area (Å²) < 4.78 is 10.6. The SMILES string of the molecule is Cc1cc(C(C)(O)CNC(=O)CCCc2nc(C3CC3)no2)c(C)o1. The summed E-state index contributed by atoms with van der Waals surface area (Å²) in [5.41, 5.74) is -0.466. The standard InChI is InChI=1S/C18H25N3O4/c1-11-9-14(12(2)24-11)18(3,23)10-19-15(22)5-4-6-16-20-17(21-25-16)13-7-8-13/h9,13,23H,4-8,10H2,1-3H3,(H,19,22). The van der Waals surface area contributed by atoms with E-state index in [0.29, 0.717) is 42.4 Å². The van der Waals surface area contributed by atoms with E-state index in [1.54, 1.807) is 19.9 Å². The number of hydrogen-bond acceptors (Lipinski definition) is 6. The first-order valence-electron chi connectivity index (χ1n) is 8.74. The molecule has 3 rings (SSSR count). The van der Waals surface area contributed by atoms with Gasteiger partial charge >= 0.3 is 0 Å². The third-order valence-corrected chi connectivity index (χ3v) is 4.47. The molecule has 1 aliphatic rings. The third-order valence-electron chi connectivity index (χ3n) is 4.47. The van der Waals surface area contributed by atoms with E-state index in [2.05, 4.69) is 15.5 Å². The van der Waals surface area contributed by atoms with Crippen molar-refractivity contribution in [3.63, 3.8) is 0 Å². The Hall–Kier alpha value is -2.15. The van der Waals surface area contributed by atoms with Gasteiger partial charge in [-0.1, -0.05) is 5.16 Å². The summed E-state index contributed by atoms with van der Waals surface area (Å²) in [6, 6.07) is 1.80. The molecule has 0 aromatic carbocycles. The Morgan fingerprint density at radius 2 is 2.20 bits per heavy atom. The molecule has 2 aromatic heterocycles. The van der Waals surface area contributed by atoms with Gasteiger partial charge in [-0.15, -0.1) is 0 Å². The molecule has 1 amide bonds. The van der Waals surface area contributed by atoms with Crippen molar-refractivity contribution in [2.24, 2.45) is 0 Å². The first-order chi connectivity index (χ1) is 11.8. The molecule has 2 aromatic rings. The van der Waals surface area contributed by atoms with Crippen LogP contribution in [0.2, 0.25) is 0 Å². The van der Waals surface area contributed by atoms with Gasteiger partial charge in [0.2, 0.25) is 11.8 Å². The Kier molecular flexibility index (Phi) is 4.94. The Morgan fingerprint density at radius 1 is 1.44 bits per heavy atom. The Morgan fingerprint density at radius 3 is 2.84 bits per heavy atom. The van der Waals surface area contributed by atoms with Gasteiger partial charge in [-0.25, -0.2) is 0 Å². The number of hydrogen-bond donors (Lipinski definition) is 2. The second-order valence-electron chi connectivity index (χ2n) is 7.05. The molecular formula is C18H25N3O4. The quantitative estimate of drug-likeness (QED) is 0.761. The number of aromatic nitrogens is 2. The van der Waals surface area contributed by atoms with Crippen molar-refractivity contribution < 1.29 is 18.8 Å². The maximum Gasteiger partial charge on any atom is 0.226 e. The minimum Gasteiger partial charge on any atom is -0.466 e. The number of amides is 1. The highest BCUT2D eigenvalue weighted by Crippen LogP contribution is 2.38. The van der Waals surface area contributed by atoms with Crippen LogP contribution in [0, 0.1) is 13.8 Å². The zero-order valence-electron chi connectivity index (χ0n) is 15.0. The van der Waals surface area contributed by atoms with Crippen LogP contribution >= 0.6 is 0 Å². The van der Waals surface area contributed by atoms with Crippen molar-refractivity contribution in [3.8, 4) is 0 Å². The molecule has 0 aliphatic heterocycles. The minimum atomic E-state index is -1.16. The molecule has 1 fully saturated rings. The molecule has 2 N–H and O–H groups in total. The van der Waals surface area contributed by atoms with Crippen LogP contribution in [0.5, 0.6) is 0 Å². The molecule has 1 atom stereocenters. The second-order valence-corrected chi connectivity index (χ2v) is 7.05. The minimum absolute atomic E-state index is 0.111. The van der Waals surface area contributed by atoms with E-state index >= 15 is 0 Å². The highest BCUT2D eigenvalue weighted by atomic mass is 16.5. The van der Waals surface area contributed by atoms with Gasteiger partial charge in [-0.3, -0.25) is 4.79 Å². The van der Waals surface area contributed by atoms with Gasteiger partial charge in [-0.05, 0) is 46.1 Å². The van der Waals surface area contributed by atoms with E-state index in [1.807, 2.05) is 6.92 Å². The molecule has 1 saturated carbocycles. The molecule has 0 radical (unpaired) electrons. The summed E-state index contributed by atoms with van der Waals surface area (Å²) in [5, 5.41) is 17.3. The lowest BCUT2D eigenvalue weighted by atomic mass is 9.96. The summed E-state index contributed by atoms with van der Waals surface area (Å²) >= 11 is 0. The largest absolute Gasteiger partial charge is 0.466 e. The van der Waals surface area contributed by atoms with E-state index in [4.69, 9.17) is 8.94 Å². The number of nitrogens with one attached hydrogen (secondary N) is 1. The summed E-state index contributed by atoms with van der Waals surface area (Å²) in [4.78, 5) is 16.4. The van der Waals surface area contributed by atoms with E-state index in [9.17, 15) is 9.90 Å². The van der Waals surface area contributed by atoms with Crippen LogP contribution in [0.25, 0.3) is 0 Å². The normalized spacial score (nSPS) is 16.6. The fourth-order valence-corrected chi connectivity index (χ4v) is 2.90. The highest BCUT2D eigenvalue weighted by Gasteiger charge is 2.29. The number of rotatable bonds is 8. The van der Waals surface area contributed by atoms with Crippen molar-refractivity contribution in [1.82, 2.24) is 15.5 Å². The summed E-state index contributed by atoms with van der Waals surface area (Å²) in [6.07, 6.45) is 3.84. The van der Waals surface area contributed by atoms with Gasteiger partial charge in [-0.2, -0.15) is 4.98 Å². The zero-order chi connectivity index (χ0) is 18.0. The maximum absolute atomic E-state index is 12.0. The molecule has 1 unspecified atom stereocenters.